The molecule has 0 aliphatic carbocycles. The normalized spacial score (nSPS) is 18.2. The van der Waals surface area contributed by atoms with E-state index in [1.54, 1.807) is 6.07 Å². The molecule has 1 atom stereocenters. The molecule has 0 aromatic carbocycles. The Morgan fingerprint density at radius 3 is 2.79 bits per heavy atom. The third-order valence-corrected chi connectivity index (χ3v) is 4.26. The van der Waals surface area contributed by atoms with Crippen LogP contribution in [0.25, 0.3) is 0 Å². The number of nitrogens with zero attached hydrogens (tertiary/aromatic N) is 2. The first-order valence-electron chi connectivity index (χ1n) is 8.54. The predicted octanol–water partition coefficient (Wildman–Crippen LogP) is 3.17. The van der Waals surface area contributed by atoms with Crippen molar-refractivity contribution in [3.05, 3.63) is 36.3 Å². The fourth-order valence-corrected chi connectivity index (χ4v) is 2.76. The van der Waals surface area contributed by atoms with Gasteiger partial charge in [0, 0.05) is 37.4 Å². The third kappa shape index (κ3) is 4.45. The summed E-state index contributed by atoms with van der Waals surface area (Å²) in [7, 11) is 2.92. The molecular weight excluding hydrogens is 374 g/mol. The van der Waals surface area contributed by atoms with Gasteiger partial charge in [0.05, 0.1) is 38.6 Å². The van der Waals surface area contributed by atoms with Gasteiger partial charge in [-0.1, -0.05) is 0 Å². The first kappa shape index (κ1) is 19.7. The number of nitrogens with one attached hydrogen (secondary N) is 2. The summed E-state index contributed by atoms with van der Waals surface area (Å²) >= 11 is 0. The van der Waals surface area contributed by atoms with Gasteiger partial charge in [0.1, 0.15) is 23.1 Å². The molecule has 0 radical (unpaired) electrons. The summed E-state index contributed by atoms with van der Waals surface area (Å²) in [6, 6.07) is 2.45. The minimum atomic E-state index is -2.97. The zero-order valence-electron chi connectivity index (χ0n) is 15.4. The van der Waals surface area contributed by atoms with E-state index in [0.29, 0.717) is 5.75 Å². The van der Waals surface area contributed by atoms with Gasteiger partial charge in [0.15, 0.2) is 0 Å². The summed E-state index contributed by atoms with van der Waals surface area (Å²) in [6.07, 6.45) is 3.79. The van der Waals surface area contributed by atoms with Crippen LogP contribution in [0.1, 0.15) is 17.9 Å². The maximum Gasteiger partial charge on any atom is 0.320 e. The van der Waals surface area contributed by atoms with Crippen molar-refractivity contribution in [2.24, 2.45) is 0 Å². The van der Waals surface area contributed by atoms with Crippen molar-refractivity contribution < 1.29 is 27.8 Å². The number of hydrogen-bond donors (Lipinski definition) is 2. The van der Waals surface area contributed by atoms with Gasteiger partial charge in [-0.25, -0.2) is 18.6 Å². The van der Waals surface area contributed by atoms with Crippen LogP contribution in [0.5, 0.6) is 17.2 Å². The highest BCUT2D eigenvalue weighted by atomic mass is 19.3. The minimum absolute atomic E-state index is 0.0107. The number of anilines is 1. The van der Waals surface area contributed by atoms with E-state index in [1.807, 2.05) is 0 Å². The summed E-state index contributed by atoms with van der Waals surface area (Å²) < 4.78 is 45.1. The lowest BCUT2D eigenvalue weighted by Crippen LogP contribution is -2.36. The van der Waals surface area contributed by atoms with Gasteiger partial charge in [-0.3, -0.25) is 10.3 Å². The number of ether oxygens (including phenoxy) is 3. The molecule has 150 valence electrons. The van der Waals surface area contributed by atoms with E-state index in [-0.39, 0.29) is 36.1 Å². The van der Waals surface area contributed by atoms with Crippen LogP contribution >= 0.6 is 0 Å². The Hall–Kier alpha value is -3.01. The number of carbonyl (C=O) groups excluding carboxylic acids is 1. The van der Waals surface area contributed by atoms with Gasteiger partial charge in [0.2, 0.25) is 0 Å². The molecule has 8 nitrogen and oxygen atoms in total. The van der Waals surface area contributed by atoms with Crippen LogP contribution in [0.4, 0.5) is 19.4 Å². The zero-order chi connectivity index (χ0) is 20.1. The Labute approximate surface area is 160 Å². The van der Waals surface area contributed by atoms with Gasteiger partial charge >= 0.3 is 6.03 Å². The van der Waals surface area contributed by atoms with Crippen molar-refractivity contribution in [2.45, 2.75) is 18.3 Å². The van der Waals surface area contributed by atoms with Crippen LogP contribution in [-0.4, -0.2) is 49.3 Å². The molecule has 0 bridgehead atoms. The van der Waals surface area contributed by atoms with E-state index >= 15 is 0 Å². The number of methoxy groups -OCH3 is 1. The van der Waals surface area contributed by atoms with Crippen molar-refractivity contribution in [3.63, 3.8) is 0 Å². The summed E-state index contributed by atoms with van der Waals surface area (Å²) in [4.78, 5) is 19.6. The molecule has 28 heavy (non-hydrogen) atoms. The summed E-state index contributed by atoms with van der Waals surface area (Å²) in [5.41, 5.74) is 0.176. The summed E-state index contributed by atoms with van der Waals surface area (Å²) in [5, 5.41) is 4.88. The van der Waals surface area contributed by atoms with Crippen LogP contribution in [-0.2, 0) is 4.74 Å². The highest BCUT2D eigenvalue weighted by molar-refractivity contribution is 5.88. The maximum absolute atomic E-state index is 14.5. The number of rotatable bonds is 5. The number of amides is 2. The average molecular weight is 394 g/mol. The van der Waals surface area contributed by atoms with E-state index in [4.69, 9.17) is 14.2 Å². The topological polar surface area (TPSA) is 94.6 Å². The Bertz CT molecular complexity index is 850. The zero-order valence-corrected chi connectivity index (χ0v) is 15.4. The van der Waals surface area contributed by atoms with Crippen molar-refractivity contribution >= 4 is 11.8 Å². The van der Waals surface area contributed by atoms with Gasteiger partial charge in [0.25, 0.3) is 5.92 Å². The van der Waals surface area contributed by atoms with E-state index in [1.165, 1.54) is 38.8 Å². The maximum atomic E-state index is 14.5. The van der Waals surface area contributed by atoms with Crippen LogP contribution < -0.4 is 20.1 Å². The van der Waals surface area contributed by atoms with E-state index in [0.717, 1.165) is 0 Å². The highest BCUT2D eigenvalue weighted by Crippen LogP contribution is 2.44. The molecule has 0 saturated carbocycles. The number of alkyl halides is 2. The molecule has 3 rings (SSSR count). The lowest BCUT2D eigenvalue weighted by molar-refractivity contribution is -0.112. The monoisotopic (exact) mass is 394 g/mol. The molecule has 0 spiro atoms. The highest BCUT2D eigenvalue weighted by Gasteiger charge is 2.44. The summed E-state index contributed by atoms with van der Waals surface area (Å²) in [6.45, 7) is -0.174. The number of carbonyl (C=O) groups is 1. The van der Waals surface area contributed by atoms with E-state index < -0.39 is 24.3 Å². The lowest BCUT2D eigenvalue weighted by atomic mass is 9.90. The molecule has 1 fully saturated rings. The van der Waals surface area contributed by atoms with Crippen LogP contribution in [0.3, 0.4) is 0 Å². The predicted molar refractivity (Wildman–Crippen MR) is 96.3 cm³/mol. The molecule has 0 unspecified atom stereocenters. The second-order valence-corrected chi connectivity index (χ2v) is 6.11. The van der Waals surface area contributed by atoms with Crippen molar-refractivity contribution in [2.75, 3.05) is 32.7 Å². The molecule has 3 heterocycles. The molecule has 1 aliphatic rings. The smallest absolute Gasteiger partial charge is 0.320 e. The van der Waals surface area contributed by atoms with Gasteiger partial charge in [-0.05, 0) is 0 Å². The Kier molecular flexibility index (Phi) is 5.88. The first-order chi connectivity index (χ1) is 13.4. The van der Waals surface area contributed by atoms with Gasteiger partial charge in [-0.2, -0.15) is 0 Å². The van der Waals surface area contributed by atoms with Gasteiger partial charge in [-0.15, -0.1) is 0 Å². The fraction of sp³-hybridized carbons (Fsp3) is 0.389. The summed E-state index contributed by atoms with van der Waals surface area (Å²) in [5.74, 6) is -3.20. The Morgan fingerprint density at radius 1 is 1.29 bits per heavy atom. The number of aromatic nitrogens is 2. The molecule has 2 N–H and O–H groups in total. The number of pyridine rings is 2. The molecule has 1 saturated heterocycles. The van der Waals surface area contributed by atoms with Gasteiger partial charge < -0.3 is 19.5 Å². The van der Waals surface area contributed by atoms with Crippen molar-refractivity contribution in [1.82, 2.24) is 15.3 Å². The number of hydrogen-bond acceptors (Lipinski definition) is 6. The SMILES string of the molecule is CNC(=O)Nc1cc(Oc2cncc(OC)c2)c([C@H]2COCCC2(F)F)cn1. The largest absolute Gasteiger partial charge is 0.495 e. The Morgan fingerprint density at radius 2 is 2.07 bits per heavy atom. The lowest BCUT2D eigenvalue weighted by Gasteiger charge is -2.32. The van der Waals surface area contributed by atoms with Crippen LogP contribution in [0, 0.1) is 0 Å². The van der Waals surface area contributed by atoms with Crippen LogP contribution in [0.2, 0.25) is 0 Å². The first-order valence-corrected chi connectivity index (χ1v) is 8.54. The average Bonchev–Trinajstić information content (AvgIpc) is 2.68. The Balaban J connectivity index is 1.99. The second kappa shape index (κ2) is 8.34. The van der Waals surface area contributed by atoms with E-state index in [2.05, 4.69) is 20.6 Å². The quantitative estimate of drug-likeness (QED) is 0.809. The molecule has 2 aromatic heterocycles. The fourth-order valence-electron chi connectivity index (χ4n) is 2.76. The standard InChI is InChI=1S/C18H20F2N4O4/c1-21-17(25)24-16-6-15(28-12-5-11(26-2)7-22-8-12)13(9-23-16)14-10-27-4-3-18(14,19)20/h5-9,14H,3-4,10H2,1-2H3,(H2,21,23,24,25)/t14-/m1/s1. The van der Waals surface area contributed by atoms with Crippen molar-refractivity contribution in [3.8, 4) is 17.2 Å². The third-order valence-electron chi connectivity index (χ3n) is 4.26. The van der Waals surface area contributed by atoms with Crippen LogP contribution in [0.15, 0.2) is 30.7 Å². The van der Waals surface area contributed by atoms with E-state index in [9.17, 15) is 13.6 Å². The molecule has 2 amide bonds. The minimum Gasteiger partial charge on any atom is -0.495 e. The second-order valence-electron chi connectivity index (χ2n) is 6.11. The van der Waals surface area contributed by atoms with Crippen molar-refractivity contribution in [1.29, 1.82) is 0 Å². The molecule has 2 aromatic rings. The molecule has 1 aliphatic heterocycles. The molecular formula is C18H20F2N4O4. The number of urea groups is 1. The number of halogens is 2. The molecule has 10 heteroatoms.